The number of carbonyl (C=O) groups is 1. The molecule has 1 aliphatic heterocycles. The largest absolute Gasteiger partial charge is 0.353 e. The first kappa shape index (κ1) is 21.7. The number of hydrogen-bond acceptors (Lipinski definition) is 6. The van der Waals surface area contributed by atoms with Crippen LogP contribution < -0.4 is 10.6 Å². The quantitative estimate of drug-likeness (QED) is 0.799. The van der Waals surface area contributed by atoms with Gasteiger partial charge in [-0.05, 0) is 19.8 Å². The van der Waals surface area contributed by atoms with Crippen LogP contribution in [-0.4, -0.2) is 62.1 Å². The van der Waals surface area contributed by atoms with Gasteiger partial charge in [0.2, 0.25) is 5.91 Å². The highest BCUT2D eigenvalue weighted by Gasteiger charge is 2.39. The molecule has 1 aliphatic carbocycles. The summed E-state index contributed by atoms with van der Waals surface area (Å²) in [4.78, 5) is 25.6. The Morgan fingerprint density at radius 1 is 1.11 bits per heavy atom. The molecule has 8 nitrogen and oxygen atoms in total. The third-order valence-electron chi connectivity index (χ3n) is 5.42. The Hall–Kier alpha value is -1.64. The SMILES string of the molecule is Cc1cc(N2CCN(C(=O)C3(N)CCCCC3)CC2)n2ncnc2n1.Cl.Cl. The van der Waals surface area contributed by atoms with E-state index < -0.39 is 5.54 Å². The number of amides is 1. The summed E-state index contributed by atoms with van der Waals surface area (Å²) in [5, 5.41) is 4.27. The van der Waals surface area contributed by atoms with Crippen LogP contribution in [0.1, 0.15) is 37.8 Å². The van der Waals surface area contributed by atoms with Crippen LogP contribution in [0, 0.1) is 6.92 Å². The molecule has 2 N–H and O–H groups in total. The fourth-order valence-corrected chi connectivity index (χ4v) is 3.99. The van der Waals surface area contributed by atoms with E-state index in [0.717, 1.165) is 50.3 Å². The van der Waals surface area contributed by atoms with Crippen LogP contribution in [0.4, 0.5) is 5.82 Å². The highest BCUT2D eigenvalue weighted by molar-refractivity contribution is 5.86. The lowest BCUT2D eigenvalue weighted by atomic mass is 9.81. The van der Waals surface area contributed by atoms with Gasteiger partial charge in [0.1, 0.15) is 12.1 Å². The maximum atomic E-state index is 12.9. The number of aryl methyl sites for hydroxylation is 1. The zero-order chi connectivity index (χ0) is 17.4. The van der Waals surface area contributed by atoms with E-state index in [0.29, 0.717) is 18.9 Å². The summed E-state index contributed by atoms with van der Waals surface area (Å²) >= 11 is 0. The number of carbonyl (C=O) groups excluding carboxylic acids is 1. The van der Waals surface area contributed by atoms with E-state index in [2.05, 4.69) is 20.0 Å². The first-order valence-electron chi connectivity index (χ1n) is 9.07. The lowest BCUT2D eigenvalue weighted by molar-refractivity contribution is -0.138. The minimum atomic E-state index is -0.646. The van der Waals surface area contributed by atoms with Gasteiger partial charge in [-0.15, -0.1) is 24.8 Å². The summed E-state index contributed by atoms with van der Waals surface area (Å²) in [6.07, 6.45) is 6.46. The lowest BCUT2D eigenvalue weighted by Gasteiger charge is -2.41. The van der Waals surface area contributed by atoms with Crippen molar-refractivity contribution in [3.63, 3.8) is 0 Å². The van der Waals surface area contributed by atoms with Crippen molar-refractivity contribution in [1.82, 2.24) is 24.5 Å². The Bertz CT molecular complexity index is 783. The van der Waals surface area contributed by atoms with E-state index in [4.69, 9.17) is 5.73 Å². The Labute approximate surface area is 171 Å². The van der Waals surface area contributed by atoms with Gasteiger partial charge in [-0.3, -0.25) is 4.79 Å². The normalized spacial score (nSPS) is 19.3. The van der Waals surface area contributed by atoms with Gasteiger partial charge in [0, 0.05) is 37.9 Å². The fourth-order valence-electron chi connectivity index (χ4n) is 3.99. The van der Waals surface area contributed by atoms with Gasteiger partial charge in [0.05, 0.1) is 5.54 Å². The summed E-state index contributed by atoms with van der Waals surface area (Å²) in [5.41, 5.74) is 6.69. The molecule has 150 valence electrons. The third-order valence-corrected chi connectivity index (χ3v) is 5.42. The molecule has 0 aromatic carbocycles. The zero-order valence-electron chi connectivity index (χ0n) is 15.5. The maximum Gasteiger partial charge on any atom is 0.254 e. The van der Waals surface area contributed by atoms with Crippen LogP contribution in [0.3, 0.4) is 0 Å². The predicted octanol–water partition coefficient (Wildman–Crippen LogP) is 1.59. The van der Waals surface area contributed by atoms with E-state index in [1.165, 1.54) is 12.7 Å². The first-order valence-corrected chi connectivity index (χ1v) is 9.07. The Kier molecular flexibility index (Phi) is 6.88. The van der Waals surface area contributed by atoms with Gasteiger partial charge in [-0.25, -0.2) is 4.98 Å². The van der Waals surface area contributed by atoms with Crippen molar-refractivity contribution in [2.75, 3.05) is 31.1 Å². The topological polar surface area (TPSA) is 92.7 Å². The number of nitrogens with zero attached hydrogens (tertiary/aromatic N) is 6. The van der Waals surface area contributed by atoms with Gasteiger partial charge >= 0.3 is 0 Å². The first-order chi connectivity index (χ1) is 12.1. The molecule has 27 heavy (non-hydrogen) atoms. The van der Waals surface area contributed by atoms with Crippen molar-refractivity contribution in [1.29, 1.82) is 0 Å². The Morgan fingerprint density at radius 2 is 1.78 bits per heavy atom. The maximum absolute atomic E-state index is 12.9. The van der Waals surface area contributed by atoms with Crippen LogP contribution >= 0.6 is 24.8 Å². The van der Waals surface area contributed by atoms with Crippen LogP contribution in [0.25, 0.3) is 5.78 Å². The third kappa shape index (κ3) is 4.12. The molecule has 10 heteroatoms. The number of rotatable bonds is 2. The standard InChI is InChI=1S/C17H25N7O.2ClH/c1-13-11-14(24-16(21-13)19-12-20-24)22-7-9-23(10-8-22)15(25)17(18)5-3-2-4-6-17;;/h11-12H,2-10,18H2,1H3;2*1H. The molecular formula is C17H27Cl2N7O. The molecule has 3 heterocycles. The number of fused-ring (bicyclic) bond motifs is 1. The highest BCUT2D eigenvalue weighted by Crippen LogP contribution is 2.28. The zero-order valence-corrected chi connectivity index (χ0v) is 17.1. The predicted molar refractivity (Wildman–Crippen MR) is 109 cm³/mol. The molecule has 1 saturated heterocycles. The molecule has 2 aromatic heterocycles. The van der Waals surface area contributed by atoms with Crippen molar-refractivity contribution < 1.29 is 4.79 Å². The minimum Gasteiger partial charge on any atom is -0.353 e. The van der Waals surface area contributed by atoms with Crippen LogP contribution in [0.15, 0.2) is 12.4 Å². The smallest absolute Gasteiger partial charge is 0.254 e. The molecule has 0 atom stereocenters. The van der Waals surface area contributed by atoms with Gasteiger partial charge in [-0.2, -0.15) is 14.6 Å². The van der Waals surface area contributed by atoms with E-state index in [9.17, 15) is 4.79 Å². The minimum absolute atomic E-state index is 0. The second kappa shape index (κ2) is 8.58. The van der Waals surface area contributed by atoms with E-state index in [-0.39, 0.29) is 30.7 Å². The summed E-state index contributed by atoms with van der Waals surface area (Å²) in [5.74, 6) is 1.72. The Balaban J connectivity index is 0.00000131. The van der Waals surface area contributed by atoms with Crippen LogP contribution in [0.5, 0.6) is 0 Å². The van der Waals surface area contributed by atoms with Gasteiger partial charge in [-0.1, -0.05) is 19.3 Å². The van der Waals surface area contributed by atoms with Crippen molar-refractivity contribution in [3.05, 3.63) is 18.1 Å². The molecule has 4 rings (SSSR count). The van der Waals surface area contributed by atoms with Crippen LogP contribution in [0.2, 0.25) is 0 Å². The lowest BCUT2D eigenvalue weighted by Crippen LogP contribution is -2.60. The van der Waals surface area contributed by atoms with Crippen molar-refractivity contribution >= 4 is 42.3 Å². The number of hydrogen-bond donors (Lipinski definition) is 1. The summed E-state index contributed by atoms with van der Waals surface area (Å²) in [6.45, 7) is 4.87. The number of piperazine rings is 1. The summed E-state index contributed by atoms with van der Waals surface area (Å²) in [7, 11) is 0. The van der Waals surface area contributed by atoms with E-state index in [1.54, 1.807) is 4.52 Å². The molecular weight excluding hydrogens is 389 g/mol. The molecule has 0 spiro atoms. The molecule has 2 fully saturated rings. The highest BCUT2D eigenvalue weighted by atomic mass is 35.5. The molecule has 2 aromatic rings. The average Bonchev–Trinajstić information content (AvgIpc) is 3.09. The molecule has 1 amide bonds. The van der Waals surface area contributed by atoms with Crippen molar-refractivity contribution in [2.45, 2.75) is 44.6 Å². The molecule has 0 bridgehead atoms. The van der Waals surface area contributed by atoms with Crippen molar-refractivity contribution in [2.24, 2.45) is 5.73 Å². The molecule has 2 aliphatic rings. The molecule has 0 radical (unpaired) electrons. The fraction of sp³-hybridized carbons (Fsp3) is 0.647. The van der Waals surface area contributed by atoms with Gasteiger partial charge in [0.25, 0.3) is 5.78 Å². The summed E-state index contributed by atoms with van der Waals surface area (Å²) < 4.78 is 1.76. The van der Waals surface area contributed by atoms with Gasteiger partial charge in [0.15, 0.2) is 0 Å². The number of aromatic nitrogens is 4. The molecule has 0 unspecified atom stereocenters. The van der Waals surface area contributed by atoms with Crippen molar-refractivity contribution in [3.8, 4) is 0 Å². The summed E-state index contributed by atoms with van der Waals surface area (Å²) in [6, 6.07) is 2.02. The second-order valence-electron chi connectivity index (χ2n) is 7.22. The average molecular weight is 416 g/mol. The van der Waals surface area contributed by atoms with Gasteiger partial charge < -0.3 is 15.5 Å². The van der Waals surface area contributed by atoms with E-state index in [1.807, 2.05) is 17.9 Å². The molecule has 1 saturated carbocycles. The second-order valence-corrected chi connectivity index (χ2v) is 7.22. The number of halogens is 2. The number of anilines is 1. The van der Waals surface area contributed by atoms with E-state index >= 15 is 0 Å². The Morgan fingerprint density at radius 3 is 2.44 bits per heavy atom. The monoisotopic (exact) mass is 415 g/mol. The number of nitrogens with two attached hydrogens (primary N) is 1. The van der Waals surface area contributed by atoms with Crippen LogP contribution in [-0.2, 0) is 4.79 Å².